The molecule has 100 heavy (non-hydrogen) atoms. The number of phosphoric ester groups is 2. The molecule has 17 nitrogen and oxygen atoms in total. The van der Waals surface area contributed by atoms with Crippen LogP contribution < -0.4 is 0 Å². The number of hydrogen-bond donors (Lipinski definition) is 3. The first-order valence-electron chi connectivity index (χ1n) is 42.1. The lowest BCUT2D eigenvalue weighted by Crippen LogP contribution is -2.30. The molecule has 5 atom stereocenters. The Balaban J connectivity index is 5.23. The molecule has 0 fully saturated rings. The molecule has 594 valence electrons. The number of unbranched alkanes of at least 4 members (excludes halogenated alkanes) is 53. The van der Waals surface area contributed by atoms with E-state index in [2.05, 4.69) is 34.6 Å². The lowest BCUT2D eigenvalue weighted by molar-refractivity contribution is -0.161. The van der Waals surface area contributed by atoms with Gasteiger partial charge in [-0.05, 0) is 31.6 Å². The molecule has 0 radical (unpaired) electrons. The highest BCUT2D eigenvalue weighted by molar-refractivity contribution is 7.47. The Morgan fingerprint density at radius 1 is 0.270 bits per heavy atom. The summed E-state index contributed by atoms with van der Waals surface area (Å²) < 4.78 is 68.7. The van der Waals surface area contributed by atoms with Crippen LogP contribution in [0.15, 0.2) is 0 Å². The summed E-state index contributed by atoms with van der Waals surface area (Å²) in [5.41, 5.74) is 0. The molecule has 0 aromatic heterocycles. The van der Waals surface area contributed by atoms with Crippen molar-refractivity contribution in [2.45, 2.75) is 451 Å². The zero-order chi connectivity index (χ0) is 73.4. The largest absolute Gasteiger partial charge is 0.472 e. The summed E-state index contributed by atoms with van der Waals surface area (Å²) in [6.45, 7) is 7.30. The van der Waals surface area contributed by atoms with Crippen molar-refractivity contribution < 1.29 is 80.2 Å². The zero-order valence-electron chi connectivity index (χ0n) is 65.3. The van der Waals surface area contributed by atoms with Gasteiger partial charge in [-0.2, -0.15) is 0 Å². The molecular formula is C81H158O17P2. The summed E-state index contributed by atoms with van der Waals surface area (Å²) >= 11 is 0. The van der Waals surface area contributed by atoms with Crippen LogP contribution in [0.2, 0.25) is 0 Å². The molecule has 0 aliphatic heterocycles. The fraction of sp³-hybridized carbons (Fsp3) is 0.951. The maximum absolute atomic E-state index is 13.1. The molecule has 19 heteroatoms. The van der Waals surface area contributed by atoms with E-state index in [0.717, 1.165) is 95.8 Å². The summed E-state index contributed by atoms with van der Waals surface area (Å²) in [5.74, 6) is -1.37. The number of hydrogen-bond acceptors (Lipinski definition) is 15. The molecule has 2 unspecified atom stereocenters. The van der Waals surface area contributed by atoms with Gasteiger partial charge in [-0.15, -0.1) is 0 Å². The number of rotatable bonds is 81. The molecule has 0 heterocycles. The van der Waals surface area contributed by atoms with Crippen LogP contribution in [0.25, 0.3) is 0 Å². The lowest BCUT2D eigenvalue weighted by Gasteiger charge is -2.21. The molecule has 0 aliphatic rings. The third kappa shape index (κ3) is 74.3. The van der Waals surface area contributed by atoms with E-state index in [1.165, 1.54) is 257 Å². The van der Waals surface area contributed by atoms with Gasteiger partial charge in [0.1, 0.15) is 19.3 Å². The smallest absolute Gasteiger partial charge is 0.462 e. The topological polar surface area (TPSA) is 237 Å². The van der Waals surface area contributed by atoms with Crippen LogP contribution in [0.5, 0.6) is 0 Å². The molecule has 3 N–H and O–H groups in total. The van der Waals surface area contributed by atoms with Gasteiger partial charge in [0.15, 0.2) is 12.2 Å². The van der Waals surface area contributed by atoms with Gasteiger partial charge in [-0.25, -0.2) is 9.13 Å². The van der Waals surface area contributed by atoms with Crippen LogP contribution in [0.3, 0.4) is 0 Å². The Bertz CT molecular complexity index is 1910. The normalized spacial score (nSPS) is 13.8. The van der Waals surface area contributed by atoms with Gasteiger partial charge in [0.05, 0.1) is 26.4 Å². The van der Waals surface area contributed by atoms with Gasteiger partial charge >= 0.3 is 39.5 Å². The standard InChI is InChI=1S/C81H158O17P2/c1-6-9-12-15-18-21-24-26-28-30-31-32-34-36-38-41-46-51-56-61-66-80(85)97-76(70-92-79(84)65-60-55-50-45-40-37-35-33-29-27-25-22-19-16-13-10-7-2)72-95-99(87,88)93-68-75(82)69-94-100(89,90)96-73-77(71-91-78(83)64-59-54-49-44-39-23-20-17-14-11-8-3)98-81(86)67-62-57-52-47-42-43-48-53-58-63-74(4)5/h74-77,82H,6-73H2,1-5H3,(H,87,88)(H,89,90)/t75-,76-,77-/m1/s1. The molecule has 0 amide bonds. The van der Waals surface area contributed by atoms with Gasteiger partial charge in [-0.1, -0.05) is 381 Å². The highest BCUT2D eigenvalue weighted by Gasteiger charge is 2.30. The summed E-state index contributed by atoms with van der Waals surface area (Å²) in [7, 11) is -9.92. The van der Waals surface area contributed by atoms with Crippen molar-refractivity contribution in [1.82, 2.24) is 0 Å². The number of phosphoric acid groups is 2. The Hall–Kier alpha value is -1.94. The summed E-state index contributed by atoms with van der Waals surface area (Å²) in [6, 6.07) is 0. The molecule has 0 bridgehead atoms. The van der Waals surface area contributed by atoms with Crippen molar-refractivity contribution in [2.24, 2.45) is 5.92 Å². The predicted molar refractivity (Wildman–Crippen MR) is 409 cm³/mol. The Morgan fingerprint density at radius 3 is 0.680 bits per heavy atom. The molecule has 0 spiro atoms. The fourth-order valence-corrected chi connectivity index (χ4v) is 14.2. The average Bonchev–Trinajstić information content (AvgIpc) is 0.943. The van der Waals surface area contributed by atoms with E-state index in [1.54, 1.807) is 0 Å². The fourth-order valence-electron chi connectivity index (χ4n) is 12.6. The summed E-state index contributed by atoms with van der Waals surface area (Å²) in [5, 5.41) is 10.6. The van der Waals surface area contributed by atoms with Crippen molar-refractivity contribution in [1.29, 1.82) is 0 Å². The third-order valence-corrected chi connectivity index (χ3v) is 20.9. The number of carbonyl (C=O) groups is 4. The third-order valence-electron chi connectivity index (χ3n) is 19.0. The van der Waals surface area contributed by atoms with Gasteiger partial charge < -0.3 is 33.8 Å². The lowest BCUT2D eigenvalue weighted by atomic mass is 10.0. The maximum Gasteiger partial charge on any atom is 0.472 e. The van der Waals surface area contributed by atoms with Crippen LogP contribution in [-0.4, -0.2) is 96.7 Å². The maximum atomic E-state index is 13.1. The van der Waals surface area contributed by atoms with Gasteiger partial charge in [0.2, 0.25) is 0 Å². The van der Waals surface area contributed by atoms with Gasteiger partial charge in [0.25, 0.3) is 0 Å². The first-order chi connectivity index (χ1) is 48.5. The Kier molecular flexibility index (Phi) is 72.5. The van der Waals surface area contributed by atoms with E-state index in [9.17, 15) is 43.2 Å². The second-order valence-corrected chi connectivity index (χ2v) is 32.5. The molecule has 0 aromatic carbocycles. The minimum absolute atomic E-state index is 0.106. The van der Waals surface area contributed by atoms with Gasteiger partial charge in [-0.3, -0.25) is 37.3 Å². The quantitative estimate of drug-likeness (QED) is 0.0222. The SMILES string of the molecule is CCCCCCCCCCCCCCCCCCCCCCC(=O)O[C@H](COC(=O)CCCCCCCCCCCCCCCCCCC)COP(=O)(O)OC[C@@H](O)COP(=O)(O)OC[C@@H](COC(=O)CCCCCCCCCCCCC)OC(=O)CCCCCCCCCCCC(C)C. The monoisotopic (exact) mass is 1470 g/mol. The minimum atomic E-state index is -4.96. The highest BCUT2D eigenvalue weighted by atomic mass is 31.2. The van der Waals surface area contributed by atoms with Crippen molar-refractivity contribution in [3.05, 3.63) is 0 Å². The molecular weight excluding hydrogens is 1310 g/mol. The Labute approximate surface area is 613 Å². The van der Waals surface area contributed by atoms with E-state index < -0.39 is 97.5 Å². The number of aliphatic hydroxyl groups is 1. The number of esters is 4. The first kappa shape index (κ1) is 98.1. The summed E-state index contributed by atoms with van der Waals surface area (Å²) in [4.78, 5) is 73.0. The second-order valence-electron chi connectivity index (χ2n) is 29.6. The number of aliphatic hydroxyl groups excluding tert-OH is 1. The molecule has 0 saturated carbocycles. The predicted octanol–water partition coefficient (Wildman–Crippen LogP) is 24.4. The first-order valence-corrected chi connectivity index (χ1v) is 45.1. The van der Waals surface area contributed by atoms with Crippen molar-refractivity contribution in [3.63, 3.8) is 0 Å². The second kappa shape index (κ2) is 73.9. The number of carbonyl (C=O) groups excluding carboxylic acids is 4. The van der Waals surface area contributed by atoms with Crippen LogP contribution >= 0.6 is 15.6 Å². The van der Waals surface area contributed by atoms with E-state index in [-0.39, 0.29) is 25.7 Å². The van der Waals surface area contributed by atoms with Crippen LogP contribution in [0.1, 0.15) is 433 Å². The molecule has 0 aliphatic carbocycles. The van der Waals surface area contributed by atoms with E-state index >= 15 is 0 Å². The van der Waals surface area contributed by atoms with Crippen molar-refractivity contribution in [2.75, 3.05) is 39.6 Å². The van der Waals surface area contributed by atoms with E-state index in [4.69, 9.17) is 37.0 Å². The van der Waals surface area contributed by atoms with E-state index in [1.807, 2.05) is 0 Å². The number of ether oxygens (including phenoxy) is 4. The summed E-state index contributed by atoms with van der Waals surface area (Å²) in [6.07, 6.45) is 65.2. The van der Waals surface area contributed by atoms with Crippen LogP contribution in [0, 0.1) is 5.92 Å². The van der Waals surface area contributed by atoms with Crippen molar-refractivity contribution in [3.8, 4) is 0 Å². The minimum Gasteiger partial charge on any atom is -0.462 e. The molecule has 0 aromatic rings. The highest BCUT2D eigenvalue weighted by Crippen LogP contribution is 2.45. The van der Waals surface area contributed by atoms with E-state index in [0.29, 0.717) is 25.7 Å². The zero-order valence-corrected chi connectivity index (χ0v) is 67.1. The Morgan fingerprint density at radius 2 is 0.460 bits per heavy atom. The molecule has 0 rings (SSSR count). The average molecular weight is 1470 g/mol. The molecule has 0 saturated heterocycles. The van der Waals surface area contributed by atoms with Crippen LogP contribution in [-0.2, 0) is 65.4 Å². The van der Waals surface area contributed by atoms with Gasteiger partial charge in [0, 0.05) is 25.7 Å². The van der Waals surface area contributed by atoms with Crippen molar-refractivity contribution >= 4 is 39.5 Å². The van der Waals surface area contributed by atoms with Crippen LogP contribution in [0.4, 0.5) is 0 Å².